The van der Waals surface area contributed by atoms with Gasteiger partial charge in [0.05, 0.1) is 46.2 Å². The molecule has 16 bridgehead atoms. The van der Waals surface area contributed by atoms with Crippen LogP contribution in [0.1, 0.15) is 0 Å². The van der Waals surface area contributed by atoms with E-state index in [2.05, 4.69) is 0 Å². The second-order valence-electron chi connectivity index (χ2n) is 19.8. The van der Waals surface area contributed by atoms with Crippen molar-refractivity contribution >= 4 is 0 Å². The van der Waals surface area contributed by atoms with Crippen molar-refractivity contribution in [3.63, 3.8) is 0 Å². The first-order valence-corrected chi connectivity index (χ1v) is 24.6. The molecule has 440 valence electrons. The topological polar surface area (TPSA) is 523 Å². The van der Waals surface area contributed by atoms with Gasteiger partial charge in [0.2, 0.25) is 0 Å². The zero-order chi connectivity index (χ0) is 54.8. The lowest BCUT2D eigenvalue weighted by Crippen LogP contribution is -2.68. The second-order valence-corrected chi connectivity index (χ2v) is 19.8. The van der Waals surface area contributed by atoms with Crippen LogP contribution in [0.3, 0.4) is 0 Å². The van der Waals surface area contributed by atoms with E-state index < -0.39 is 255 Å². The fraction of sp³-hybridized carbons (Fsp3) is 1.00. The van der Waals surface area contributed by atoms with E-state index in [0.29, 0.717) is 0 Å². The molecule has 22 heterocycles. The highest BCUT2D eigenvalue weighted by Crippen LogP contribution is 2.40. The van der Waals surface area contributed by atoms with Gasteiger partial charge in [0.15, 0.2) is 44.0 Å². The molecule has 0 spiro atoms. The van der Waals surface area contributed by atoms with Crippen molar-refractivity contribution in [3.8, 4) is 0 Å². The predicted octanol–water partition coefficient (Wildman–Crippen LogP) is -14.2. The summed E-state index contributed by atoms with van der Waals surface area (Å²) >= 11 is 0. The highest BCUT2D eigenvalue weighted by atomic mass is 16.8. The molecule has 0 unspecified atom stereocenters. The molecule has 22 aliphatic rings. The van der Waals surface area contributed by atoms with E-state index in [1.165, 1.54) is 0 Å². The second kappa shape index (κ2) is 24.6. The number of hydrogen-bond donors (Lipinski definition) is 19. The van der Waals surface area contributed by atoms with Gasteiger partial charge in [0.25, 0.3) is 0 Å². The van der Waals surface area contributed by atoms with Crippen LogP contribution in [-0.2, 0) is 71.1 Å². The molecule has 34 nitrogen and oxygen atoms in total. The van der Waals surface area contributed by atoms with E-state index in [1.807, 2.05) is 0 Å². The average Bonchev–Trinajstić information content (AvgIpc) is 3.76. The largest absolute Gasteiger partial charge is 0.394 e. The zero-order valence-electron chi connectivity index (χ0n) is 39.8. The first-order chi connectivity index (χ1) is 36.3. The molecule has 0 aromatic heterocycles. The Bertz CT molecular complexity index is 1830. The minimum absolute atomic E-state index is 0.285. The van der Waals surface area contributed by atoms with Crippen LogP contribution in [-0.4, -0.2) is 358 Å². The third-order valence-electron chi connectivity index (χ3n) is 15.0. The molecule has 0 aliphatic carbocycles. The Morgan fingerprint density at radius 3 is 0.618 bits per heavy atom. The van der Waals surface area contributed by atoms with Gasteiger partial charge in [-0.2, -0.15) is 0 Å². The fourth-order valence-electron chi connectivity index (χ4n) is 10.8. The lowest BCUT2D eigenvalue weighted by Gasteiger charge is -2.50. The van der Waals surface area contributed by atoms with E-state index in [-0.39, 0.29) is 6.61 Å². The average molecular weight is 1120 g/mol. The van der Waals surface area contributed by atoms with Gasteiger partial charge in [-0.25, -0.2) is 0 Å². The van der Waals surface area contributed by atoms with Crippen LogP contribution >= 0.6 is 0 Å². The van der Waals surface area contributed by atoms with Crippen molar-refractivity contribution in [2.24, 2.45) is 0 Å². The van der Waals surface area contributed by atoms with Crippen LogP contribution < -0.4 is 0 Å². The molecule has 0 aromatic carbocycles. The van der Waals surface area contributed by atoms with Crippen LogP contribution in [0.25, 0.3) is 0 Å². The summed E-state index contributed by atoms with van der Waals surface area (Å²) in [6, 6.07) is 0. The van der Waals surface area contributed by atoms with E-state index >= 15 is 0 Å². The Kier molecular flexibility index (Phi) is 19.2. The van der Waals surface area contributed by atoms with Crippen LogP contribution in [0.15, 0.2) is 0 Å². The molecule has 0 radical (unpaired) electrons. The van der Waals surface area contributed by atoms with Gasteiger partial charge in [-0.05, 0) is 0 Å². The summed E-state index contributed by atoms with van der Waals surface area (Å²) in [7, 11) is 0. The highest BCUT2D eigenvalue weighted by molar-refractivity contribution is 5.03. The molecule has 76 heavy (non-hydrogen) atoms. The van der Waals surface area contributed by atoms with Crippen molar-refractivity contribution in [2.45, 2.75) is 215 Å². The molecular formula is C42H68O34. The standard InChI is InChI=1S/C42H68O34/c43-1-8-28-16(50)22(56)37(64-8)72-30-10(3-45)66-39(24(58)18(30)52)74-32-12(5-47)68-41(26(60)20(32)54)76-34-14-7-62-35(34)27(61)42(69-14)75-33-13(6-48)67-40(25(59)19(33)53)73-31-11(4-46)65-38(23(57)17(31)51)71-29-9(2-44)63-36(70-28)21(55)15(29)49/h8-61H,1-7H2/t8-,9-,10-,11-,12-,13-,14-,15-,16-,17-,18-,19-,20-,21-,22-,23-,24-,25-,26-,27-,28-,29-,30-,31-,32-,33-,34-,35+,36-,37-,38-,39-,40-,41-,42-/m1/s1. The van der Waals surface area contributed by atoms with Crippen LogP contribution in [0.4, 0.5) is 0 Å². The molecule has 22 rings (SSSR count). The molecule has 22 aliphatic heterocycles. The Labute approximate surface area is 428 Å². The lowest BCUT2D eigenvalue weighted by molar-refractivity contribution is -0.396. The summed E-state index contributed by atoms with van der Waals surface area (Å²) in [6.07, 6.45) is -65.5. The van der Waals surface area contributed by atoms with Gasteiger partial charge in [0.1, 0.15) is 171 Å². The van der Waals surface area contributed by atoms with E-state index in [4.69, 9.17) is 71.1 Å². The molecular weight excluding hydrogens is 1050 g/mol. The minimum Gasteiger partial charge on any atom is -0.394 e. The molecule has 22 saturated heterocycles. The van der Waals surface area contributed by atoms with Crippen LogP contribution in [0.2, 0.25) is 0 Å². The van der Waals surface area contributed by atoms with Gasteiger partial charge < -0.3 is 168 Å². The van der Waals surface area contributed by atoms with Gasteiger partial charge in [-0.1, -0.05) is 0 Å². The van der Waals surface area contributed by atoms with Crippen molar-refractivity contribution in [1.29, 1.82) is 0 Å². The monoisotopic (exact) mass is 1120 g/mol. The first-order valence-electron chi connectivity index (χ1n) is 24.6. The van der Waals surface area contributed by atoms with Crippen molar-refractivity contribution in [1.82, 2.24) is 0 Å². The van der Waals surface area contributed by atoms with Gasteiger partial charge >= 0.3 is 0 Å². The third-order valence-corrected chi connectivity index (χ3v) is 15.0. The summed E-state index contributed by atoms with van der Waals surface area (Å²) in [5.41, 5.74) is 0. The van der Waals surface area contributed by atoms with Crippen LogP contribution in [0, 0.1) is 0 Å². The lowest BCUT2D eigenvalue weighted by atomic mass is 9.95. The zero-order valence-corrected chi connectivity index (χ0v) is 39.8. The van der Waals surface area contributed by atoms with Crippen LogP contribution in [0.5, 0.6) is 0 Å². The Morgan fingerprint density at radius 1 is 0.211 bits per heavy atom. The Hall–Kier alpha value is -1.36. The van der Waals surface area contributed by atoms with Gasteiger partial charge in [-0.15, -0.1) is 0 Å². The Balaban J connectivity index is 0.984. The number of aliphatic hydroxyl groups is 19. The molecule has 34 heteroatoms. The molecule has 0 aromatic rings. The van der Waals surface area contributed by atoms with Crippen molar-refractivity contribution < 1.29 is 168 Å². The fourth-order valence-corrected chi connectivity index (χ4v) is 10.8. The maximum atomic E-state index is 11.4. The van der Waals surface area contributed by atoms with E-state index in [1.54, 1.807) is 0 Å². The summed E-state index contributed by atoms with van der Waals surface area (Å²) in [5.74, 6) is 0. The summed E-state index contributed by atoms with van der Waals surface area (Å²) in [5, 5.41) is 209. The molecule has 0 saturated carbocycles. The Morgan fingerprint density at radius 2 is 0.408 bits per heavy atom. The minimum atomic E-state index is -2.19. The van der Waals surface area contributed by atoms with Gasteiger partial charge in [-0.3, -0.25) is 0 Å². The van der Waals surface area contributed by atoms with E-state index in [0.717, 1.165) is 0 Å². The van der Waals surface area contributed by atoms with E-state index in [9.17, 15) is 97.0 Å². The number of aliphatic hydroxyl groups excluding tert-OH is 19. The first kappa shape index (κ1) is 59.3. The maximum absolute atomic E-state index is 11.4. The SMILES string of the molecule is OC[C@H]1O[C@@H]2O[C@H]3[C@H](O)[C@@H](O)[C@@H](O[C@H]4[C@H](O)[C@@H](O)[C@@H](O[C@H]5[C@H]6OC[C@H]5O[C@H](O[C@H]5[C@H](O)[C@@H](O)[C@@H](O[C@H]7[C@H](O)[C@@H](O)[C@@H](O[C@H]8[C@H](O)[C@@H](O)[C@@H](O[C@H]1[C@H](O)[C@H]2O)O[C@@H]8CO)O[C@@H]7CO)O[C@@H]5CO)[C@@H]6O)O[C@@H]4CO)O[C@@H]3CO. The molecule has 22 fully saturated rings. The molecule has 19 N–H and O–H groups in total. The molecule has 35 atom stereocenters. The summed E-state index contributed by atoms with van der Waals surface area (Å²) < 4.78 is 86.3. The predicted molar refractivity (Wildman–Crippen MR) is 225 cm³/mol. The summed E-state index contributed by atoms with van der Waals surface area (Å²) in [6.45, 7) is -6.26. The highest BCUT2D eigenvalue weighted by Gasteiger charge is 2.60. The quantitative estimate of drug-likeness (QED) is 0.117. The summed E-state index contributed by atoms with van der Waals surface area (Å²) in [4.78, 5) is 0. The maximum Gasteiger partial charge on any atom is 0.187 e. The smallest absolute Gasteiger partial charge is 0.187 e. The third kappa shape index (κ3) is 11.1. The normalized spacial score (nSPS) is 56.5. The number of ether oxygens (including phenoxy) is 15. The number of hydrogen-bond acceptors (Lipinski definition) is 34. The van der Waals surface area contributed by atoms with Gasteiger partial charge in [0, 0.05) is 0 Å². The number of rotatable bonds is 6. The molecule has 0 amide bonds. The van der Waals surface area contributed by atoms with Crippen molar-refractivity contribution in [2.75, 3.05) is 46.2 Å². The van der Waals surface area contributed by atoms with Crippen molar-refractivity contribution in [3.05, 3.63) is 0 Å².